The van der Waals surface area contributed by atoms with Crippen LogP contribution in [0.1, 0.15) is 34.6 Å². The normalized spacial score (nSPS) is 26.1. The van der Waals surface area contributed by atoms with Gasteiger partial charge in [-0.2, -0.15) is 0 Å². The summed E-state index contributed by atoms with van der Waals surface area (Å²) in [5.74, 6) is -0.0650. The second-order valence-corrected chi connectivity index (χ2v) is 7.87. The van der Waals surface area contributed by atoms with E-state index < -0.39 is 0 Å². The van der Waals surface area contributed by atoms with Crippen LogP contribution in [0.25, 0.3) is 0 Å². The van der Waals surface area contributed by atoms with Gasteiger partial charge < -0.3 is 15.0 Å². The molecule has 2 aromatic rings. The van der Waals surface area contributed by atoms with Crippen molar-refractivity contribution in [3.05, 3.63) is 35.1 Å². The molecule has 2 aromatic heterocycles. The average Bonchev–Trinajstić information content (AvgIpc) is 3.22. The lowest BCUT2D eigenvalue weighted by atomic mass is 9.89. The maximum absolute atomic E-state index is 12.4. The van der Waals surface area contributed by atoms with Crippen molar-refractivity contribution in [3.63, 3.8) is 0 Å². The largest absolute Gasteiger partial charge is 0.373 e. The Morgan fingerprint density at radius 1 is 1.48 bits per heavy atom. The molecule has 0 aromatic carbocycles. The summed E-state index contributed by atoms with van der Waals surface area (Å²) in [4.78, 5) is 18.6. The molecule has 0 saturated carbocycles. The van der Waals surface area contributed by atoms with Crippen LogP contribution in [0.5, 0.6) is 0 Å². The first-order valence-electron chi connectivity index (χ1n) is 8.53. The lowest BCUT2D eigenvalue weighted by Crippen LogP contribution is -2.50. The Morgan fingerprint density at radius 3 is 3.16 bits per heavy atom. The van der Waals surface area contributed by atoms with Gasteiger partial charge in [-0.1, -0.05) is 11.3 Å². The van der Waals surface area contributed by atoms with Crippen molar-refractivity contribution in [3.8, 4) is 0 Å². The summed E-state index contributed by atoms with van der Waals surface area (Å²) in [5, 5.41) is 13.4. The van der Waals surface area contributed by atoms with Crippen molar-refractivity contribution in [2.24, 2.45) is 0 Å². The maximum atomic E-state index is 12.4. The molecule has 0 bridgehead atoms. The third-order valence-corrected chi connectivity index (χ3v) is 5.75. The SMILES string of the molecule is Cc1nnc(N2CC[C@@]3(C[C@H](NC(=O)c4cccnc4)CCO3)C2)s1. The van der Waals surface area contributed by atoms with Crippen molar-refractivity contribution in [2.45, 2.75) is 37.8 Å². The van der Waals surface area contributed by atoms with E-state index in [1.165, 1.54) is 0 Å². The van der Waals surface area contributed by atoms with Gasteiger partial charge in [-0.05, 0) is 38.3 Å². The molecular formula is C17H21N5O2S. The minimum Gasteiger partial charge on any atom is -0.373 e. The molecule has 2 aliphatic rings. The van der Waals surface area contributed by atoms with Crippen LogP contribution in [0.2, 0.25) is 0 Å². The van der Waals surface area contributed by atoms with Crippen molar-refractivity contribution in [1.82, 2.24) is 20.5 Å². The molecule has 1 N–H and O–H groups in total. The van der Waals surface area contributed by atoms with Gasteiger partial charge in [0.2, 0.25) is 5.13 Å². The molecule has 1 amide bonds. The first-order valence-corrected chi connectivity index (χ1v) is 9.35. The van der Waals surface area contributed by atoms with Gasteiger partial charge in [0, 0.05) is 38.1 Å². The van der Waals surface area contributed by atoms with E-state index in [9.17, 15) is 4.79 Å². The summed E-state index contributed by atoms with van der Waals surface area (Å²) in [7, 11) is 0. The van der Waals surface area contributed by atoms with E-state index in [0.717, 1.165) is 42.5 Å². The van der Waals surface area contributed by atoms with Gasteiger partial charge in [0.1, 0.15) is 5.01 Å². The number of hydrogen-bond acceptors (Lipinski definition) is 7. The molecule has 8 heteroatoms. The Labute approximate surface area is 150 Å². The number of anilines is 1. The van der Waals surface area contributed by atoms with Gasteiger partial charge in [-0.3, -0.25) is 9.78 Å². The fourth-order valence-electron chi connectivity index (χ4n) is 3.62. The number of carbonyl (C=O) groups is 1. The van der Waals surface area contributed by atoms with Crippen LogP contribution in [0, 0.1) is 6.92 Å². The lowest BCUT2D eigenvalue weighted by Gasteiger charge is -2.38. The number of nitrogens with one attached hydrogen (secondary N) is 1. The number of aryl methyl sites for hydroxylation is 1. The number of pyridine rings is 1. The summed E-state index contributed by atoms with van der Waals surface area (Å²) in [6.45, 7) is 4.36. The summed E-state index contributed by atoms with van der Waals surface area (Å²) in [6, 6.07) is 3.68. The monoisotopic (exact) mass is 359 g/mol. The fraction of sp³-hybridized carbons (Fsp3) is 0.529. The van der Waals surface area contributed by atoms with Gasteiger partial charge >= 0.3 is 0 Å². The molecule has 4 rings (SSSR count). The standard InChI is InChI=1S/C17H21N5O2S/c1-12-20-21-16(25-12)22-7-5-17(11-22)9-14(4-8-24-17)19-15(23)13-3-2-6-18-10-13/h2-3,6,10,14H,4-5,7-9,11H2,1H3,(H,19,23)/t14-,17-/m1/s1. The molecule has 25 heavy (non-hydrogen) atoms. The van der Waals surface area contributed by atoms with Crippen LogP contribution in [-0.4, -0.2) is 52.4 Å². The second-order valence-electron chi connectivity index (χ2n) is 6.71. The van der Waals surface area contributed by atoms with Crippen LogP contribution in [0.15, 0.2) is 24.5 Å². The molecule has 0 aliphatic carbocycles. The third kappa shape index (κ3) is 3.50. The Morgan fingerprint density at radius 2 is 2.40 bits per heavy atom. The smallest absolute Gasteiger partial charge is 0.253 e. The number of rotatable bonds is 3. The minimum absolute atomic E-state index is 0.0650. The number of carbonyl (C=O) groups excluding carboxylic acids is 1. The molecule has 2 saturated heterocycles. The molecule has 1 spiro atoms. The zero-order chi connectivity index (χ0) is 17.3. The van der Waals surface area contributed by atoms with Gasteiger partial charge in [-0.25, -0.2) is 0 Å². The quantitative estimate of drug-likeness (QED) is 0.900. The highest BCUT2D eigenvalue weighted by Crippen LogP contribution is 2.37. The van der Waals surface area contributed by atoms with Gasteiger partial charge in [-0.15, -0.1) is 10.2 Å². The van der Waals surface area contributed by atoms with E-state index in [2.05, 4.69) is 25.4 Å². The highest BCUT2D eigenvalue weighted by molar-refractivity contribution is 7.15. The number of ether oxygens (including phenoxy) is 1. The van der Waals surface area contributed by atoms with Gasteiger partial charge in [0.25, 0.3) is 5.91 Å². The van der Waals surface area contributed by atoms with Gasteiger partial charge in [0.05, 0.1) is 11.2 Å². The van der Waals surface area contributed by atoms with Gasteiger partial charge in [0.15, 0.2) is 0 Å². The van der Waals surface area contributed by atoms with E-state index in [0.29, 0.717) is 12.2 Å². The Balaban J connectivity index is 1.40. The third-order valence-electron chi connectivity index (χ3n) is 4.85. The van der Waals surface area contributed by atoms with E-state index in [4.69, 9.17) is 4.74 Å². The first kappa shape index (κ1) is 16.4. The van der Waals surface area contributed by atoms with Crippen LogP contribution < -0.4 is 10.2 Å². The first-order chi connectivity index (χ1) is 12.1. The summed E-state index contributed by atoms with van der Waals surface area (Å²) < 4.78 is 6.15. The van der Waals surface area contributed by atoms with Crippen molar-refractivity contribution in [1.29, 1.82) is 0 Å². The molecule has 132 valence electrons. The molecular weight excluding hydrogens is 338 g/mol. The van der Waals surface area contributed by atoms with Crippen LogP contribution in [-0.2, 0) is 4.74 Å². The van der Waals surface area contributed by atoms with E-state index in [1.54, 1.807) is 35.9 Å². The minimum atomic E-state index is -0.204. The topological polar surface area (TPSA) is 80.2 Å². The number of amides is 1. The average molecular weight is 359 g/mol. The molecule has 2 fully saturated rings. The molecule has 2 aliphatic heterocycles. The molecule has 2 atom stereocenters. The predicted molar refractivity (Wildman–Crippen MR) is 94.9 cm³/mol. The Kier molecular flexibility index (Phi) is 4.39. The maximum Gasteiger partial charge on any atom is 0.253 e. The number of hydrogen-bond donors (Lipinski definition) is 1. The van der Waals surface area contributed by atoms with E-state index in [-0.39, 0.29) is 17.6 Å². The highest BCUT2D eigenvalue weighted by atomic mass is 32.1. The Bertz CT molecular complexity index is 753. The predicted octanol–water partition coefficient (Wildman–Crippen LogP) is 1.80. The van der Waals surface area contributed by atoms with Crippen LogP contribution in [0.4, 0.5) is 5.13 Å². The molecule has 0 unspecified atom stereocenters. The molecule has 0 radical (unpaired) electrons. The second kappa shape index (κ2) is 6.68. The van der Waals surface area contributed by atoms with E-state index >= 15 is 0 Å². The zero-order valence-corrected chi connectivity index (χ0v) is 15.0. The summed E-state index contributed by atoms with van der Waals surface area (Å²) >= 11 is 1.61. The number of aromatic nitrogens is 3. The Hall–Kier alpha value is -2.06. The highest BCUT2D eigenvalue weighted by Gasteiger charge is 2.44. The number of nitrogens with zero attached hydrogens (tertiary/aromatic N) is 4. The zero-order valence-electron chi connectivity index (χ0n) is 14.1. The van der Waals surface area contributed by atoms with Crippen molar-refractivity contribution in [2.75, 3.05) is 24.6 Å². The summed E-state index contributed by atoms with van der Waals surface area (Å²) in [6.07, 6.45) is 5.88. The van der Waals surface area contributed by atoms with Crippen molar-refractivity contribution >= 4 is 22.4 Å². The van der Waals surface area contributed by atoms with Crippen LogP contribution >= 0.6 is 11.3 Å². The van der Waals surface area contributed by atoms with Crippen LogP contribution in [0.3, 0.4) is 0 Å². The summed E-state index contributed by atoms with van der Waals surface area (Å²) in [5.41, 5.74) is 0.394. The molecule has 4 heterocycles. The van der Waals surface area contributed by atoms with Crippen molar-refractivity contribution < 1.29 is 9.53 Å². The van der Waals surface area contributed by atoms with E-state index in [1.807, 2.05) is 6.92 Å². The fourth-order valence-corrected chi connectivity index (χ4v) is 4.34. The molecule has 7 nitrogen and oxygen atoms in total. The lowest BCUT2D eigenvalue weighted by molar-refractivity contribution is -0.0720.